The molecular weight excluding hydrogens is 467 g/mol. The lowest BCUT2D eigenvalue weighted by molar-refractivity contribution is 0.0953. The molecule has 2 heterocycles. The number of nitrogens with zero attached hydrogens (tertiary/aromatic N) is 2. The van der Waals surface area contributed by atoms with Crippen LogP contribution in [0.25, 0.3) is 0 Å². The Morgan fingerprint density at radius 1 is 1.25 bits per heavy atom. The third-order valence-corrected chi connectivity index (χ3v) is 5.62. The molecule has 7 heteroatoms. The summed E-state index contributed by atoms with van der Waals surface area (Å²) in [5.41, 5.74) is 2.17. The average Bonchev–Trinajstić information content (AvgIpc) is 3.33. The van der Waals surface area contributed by atoms with Crippen LogP contribution in [0.5, 0.6) is 0 Å². The number of benzene rings is 1. The Labute approximate surface area is 185 Å². The number of likely N-dealkylation sites (tertiary alicyclic amines) is 1. The van der Waals surface area contributed by atoms with E-state index in [4.69, 9.17) is 4.74 Å². The van der Waals surface area contributed by atoms with Crippen molar-refractivity contribution < 1.29 is 9.53 Å². The van der Waals surface area contributed by atoms with E-state index in [1.165, 1.54) is 6.42 Å². The highest BCUT2D eigenvalue weighted by molar-refractivity contribution is 14.0. The van der Waals surface area contributed by atoms with Crippen LogP contribution >= 0.6 is 24.0 Å². The third-order valence-electron chi connectivity index (χ3n) is 5.62. The molecule has 1 amide bonds. The Morgan fingerprint density at radius 2 is 2.04 bits per heavy atom. The van der Waals surface area contributed by atoms with Crippen molar-refractivity contribution in [3.05, 3.63) is 35.4 Å². The van der Waals surface area contributed by atoms with Crippen LogP contribution in [0.1, 0.15) is 48.5 Å². The lowest BCUT2D eigenvalue weighted by atomic mass is 9.87. The molecule has 3 rings (SSSR count). The molecule has 156 valence electrons. The summed E-state index contributed by atoms with van der Waals surface area (Å²) >= 11 is 0. The first-order valence-corrected chi connectivity index (χ1v) is 10.1. The molecule has 2 saturated heterocycles. The largest absolute Gasteiger partial charge is 0.381 e. The van der Waals surface area contributed by atoms with Crippen LogP contribution in [0.3, 0.4) is 0 Å². The SMILES string of the molecule is CCCCNC(=O)c1ccc(CNC(=NC)N2CCC3(CCOC3)C2)cc1.I. The van der Waals surface area contributed by atoms with Crippen LogP contribution in [-0.2, 0) is 11.3 Å². The van der Waals surface area contributed by atoms with Crippen molar-refractivity contribution in [3.8, 4) is 0 Å². The first kappa shape index (κ1) is 22.9. The van der Waals surface area contributed by atoms with Crippen LogP contribution in [0.2, 0.25) is 0 Å². The number of ether oxygens (including phenoxy) is 1. The molecule has 0 aliphatic carbocycles. The summed E-state index contributed by atoms with van der Waals surface area (Å²) in [5, 5.41) is 6.41. The van der Waals surface area contributed by atoms with E-state index in [1.807, 2.05) is 31.3 Å². The summed E-state index contributed by atoms with van der Waals surface area (Å²) in [4.78, 5) is 18.9. The number of carbonyl (C=O) groups is 1. The van der Waals surface area contributed by atoms with Gasteiger partial charge in [-0.1, -0.05) is 25.5 Å². The van der Waals surface area contributed by atoms with E-state index in [1.54, 1.807) is 0 Å². The van der Waals surface area contributed by atoms with E-state index in [9.17, 15) is 4.79 Å². The standard InChI is InChI=1S/C21H32N4O2.HI/c1-3-4-11-23-19(26)18-7-5-17(6-8-18)14-24-20(22-2)25-12-9-21(15-25)10-13-27-16-21;/h5-8H,3-4,9-16H2,1-2H3,(H,22,24)(H,23,26);1H. The number of amides is 1. The summed E-state index contributed by atoms with van der Waals surface area (Å²) in [5.74, 6) is 0.945. The molecule has 1 aromatic rings. The predicted molar refractivity (Wildman–Crippen MR) is 123 cm³/mol. The highest BCUT2D eigenvalue weighted by Crippen LogP contribution is 2.38. The van der Waals surface area contributed by atoms with E-state index in [0.29, 0.717) is 17.5 Å². The molecule has 2 aliphatic heterocycles. The van der Waals surface area contributed by atoms with Crippen molar-refractivity contribution in [3.63, 3.8) is 0 Å². The van der Waals surface area contributed by atoms with Gasteiger partial charge in [0.25, 0.3) is 5.91 Å². The van der Waals surface area contributed by atoms with E-state index in [0.717, 1.165) is 63.6 Å². The van der Waals surface area contributed by atoms with Crippen molar-refractivity contribution in [1.82, 2.24) is 15.5 Å². The fraction of sp³-hybridized carbons (Fsp3) is 0.619. The monoisotopic (exact) mass is 500 g/mol. The van der Waals surface area contributed by atoms with Gasteiger partial charge in [-0.05, 0) is 37.0 Å². The highest BCUT2D eigenvalue weighted by Gasteiger charge is 2.42. The van der Waals surface area contributed by atoms with Gasteiger partial charge in [0.2, 0.25) is 0 Å². The van der Waals surface area contributed by atoms with Gasteiger partial charge >= 0.3 is 0 Å². The van der Waals surface area contributed by atoms with Gasteiger partial charge in [0.05, 0.1) is 6.61 Å². The highest BCUT2D eigenvalue weighted by atomic mass is 127. The summed E-state index contributed by atoms with van der Waals surface area (Å²) in [6.07, 6.45) is 4.42. The topological polar surface area (TPSA) is 66.0 Å². The van der Waals surface area contributed by atoms with E-state index in [-0.39, 0.29) is 29.9 Å². The molecule has 1 aromatic carbocycles. The number of carbonyl (C=O) groups excluding carboxylic acids is 1. The fourth-order valence-electron chi connectivity index (χ4n) is 3.86. The second kappa shape index (κ2) is 11.0. The zero-order valence-electron chi connectivity index (χ0n) is 17.0. The number of aliphatic imine (C=N–C) groups is 1. The summed E-state index contributed by atoms with van der Waals surface area (Å²) < 4.78 is 5.61. The Morgan fingerprint density at radius 3 is 2.68 bits per heavy atom. The third kappa shape index (κ3) is 5.83. The fourth-order valence-corrected chi connectivity index (χ4v) is 3.86. The van der Waals surface area contributed by atoms with E-state index in [2.05, 4.69) is 27.4 Å². The van der Waals surface area contributed by atoms with Gasteiger partial charge in [0.15, 0.2) is 5.96 Å². The van der Waals surface area contributed by atoms with Crippen LogP contribution < -0.4 is 10.6 Å². The van der Waals surface area contributed by atoms with Gasteiger partial charge in [-0.15, -0.1) is 24.0 Å². The van der Waals surface area contributed by atoms with Crippen LogP contribution in [0.15, 0.2) is 29.3 Å². The lowest BCUT2D eigenvalue weighted by Crippen LogP contribution is -2.41. The number of hydrogen-bond acceptors (Lipinski definition) is 3. The molecular formula is C21H33IN4O2. The molecule has 2 N–H and O–H groups in total. The molecule has 1 atom stereocenters. The predicted octanol–water partition coefficient (Wildman–Crippen LogP) is 3.02. The summed E-state index contributed by atoms with van der Waals surface area (Å²) in [7, 11) is 1.84. The lowest BCUT2D eigenvalue weighted by Gasteiger charge is -2.25. The van der Waals surface area contributed by atoms with Gasteiger partial charge in [-0.3, -0.25) is 9.79 Å². The smallest absolute Gasteiger partial charge is 0.251 e. The number of hydrogen-bond donors (Lipinski definition) is 2. The van der Waals surface area contributed by atoms with Gasteiger partial charge in [-0.25, -0.2) is 0 Å². The zero-order chi connectivity index (χ0) is 19.1. The molecule has 0 aromatic heterocycles. The normalized spacial score (nSPS) is 21.6. The minimum atomic E-state index is -0.0000776. The summed E-state index contributed by atoms with van der Waals surface area (Å²) in [6.45, 7) is 7.36. The summed E-state index contributed by atoms with van der Waals surface area (Å²) in [6, 6.07) is 7.79. The molecule has 2 fully saturated rings. The Balaban J connectivity index is 0.00000280. The molecule has 2 aliphatic rings. The number of halogens is 1. The van der Waals surface area contributed by atoms with Crippen LogP contribution in [0.4, 0.5) is 0 Å². The van der Waals surface area contributed by atoms with E-state index < -0.39 is 0 Å². The Hall–Kier alpha value is -1.35. The van der Waals surface area contributed by atoms with Gasteiger partial charge in [-0.2, -0.15) is 0 Å². The van der Waals surface area contributed by atoms with Gasteiger partial charge in [0.1, 0.15) is 0 Å². The second-order valence-electron chi connectivity index (χ2n) is 7.68. The van der Waals surface area contributed by atoms with Gasteiger partial charge in [0, 0.05) is 50.8 Å². The molecule has 28 heavy (non-hydrogen) atoms. The number of guanidine groups is 1. The first-order chi connectivity index (χ1) is 13.2. The van der Waals surface area contributed by atoms with E-state index >= 15 is 0 Å². The molecule has 1 unspecified atom stereocenters. The van der Waals surface area contributed by atoms with Crippen LogP contribution in [0, 0.1) is 5.41 Å². The Kier molecular flexibility index (Phi) is 9.01. The quantitative estimate of drug-likeness (QED) is 0.273. The van der Waals surface area contributed by atoms with Crippen molar-refractivity contribution >= 4 is 35.8 Å². The van der Waals surface area contributed by atoms with Crippen molar-refractivity contribution in [2.45, 2.75) is 39.2 Å². The Bertz CT molecular complexity index is 657. The number of unbranched alkanes of at least 4 members (excludes halogenated alkanes) is 1. The number of nitrogens with one attached hydrogen (secondary N) is 2. The van der Waals surface area contributed by atoms with Crippen molar-refractivity contribution in [2.24, 2.45) is 10.4 Å². The molecule has 6 nitrogen and oxygen atoms in total. The van der Waals surface area contributed by atoms with Crippen molar-refractivity contribution in [1.29, 1.82) is 0 Å². The average molecular weight is 500 g/mol. The maximum atomic E-state index is 12.1. The van der Waals surface area contributed by atoms with Gasteiger partial charge < -0.3 is 20.3 Å². The van der Waals surface area contributed by atoms with Crippen molar-refractivity contribution in [2.75, 3.05) is 39.9 Å². The minimum Gasteiger partial charge on any atom is -0.381 e. The maximum absolute atomic E-state index is 12.1. The first-order valence-electron chi connectivity index (χ1n) is 10.1. The molecule has 1 spiro atoms. The molecule has 0 bridgehead atoms. The van der Waals surface area contributed by atoms with Crippen LogP contribution in [-0.4, -0.2) is 56.7 Å². The molecule has 0 radical (unpaired) electrons. The maximum Gasteiger partial charge on any atom is 0.251 e. The zero-order valence-corrected chi connectivity index (χ0v) is 19.3. The second-order valence-corrected chi connectivity index (χ2v) is 7.68. The number of rotatable bonds is 6. The molecule has 0 saturated carbocycles. The minimum absolute atomic E-state index is 0.